The Hall–Kier alpha value is -1.84. The first-order valence-electron chi connectivity index (χ1n) is 7.05. The highest BCUT2D eigenvalue weighted by atomic mass is 16.4. The van der Waals surface area contributed by atoms with E-state index in [-0.39, 0.29) is 12.5 Å². The first kappa shape index (κ1) is 14.6. The molecule has 0 radical (unpaired) electrons. The molecule has 1 amide bonds. The zero-order valence-corrected chi connectivity index (χ0v) is 12.0. The molecule has 1 aliphatic rings. The van der Waals surface area contributed by atoms with Crippen LogP contribution in [0.2, 0.25) is 0 Å². The summed E-state index contributed by atoms with van der Waals surface area (Å²) in [6.07, 6.45) is 2.91. The highest BCUT2D eigenvalue weighted by Gasteiger charge is 2.29. The lowest BCUT2D eigenvalue weighted by atomic mass is 10.0. The number of carbonyl (C=O) groups is 2. The van der Waals surface area contributed by atoms with Crippen molar-refractivity contribution in [3.63, 3.8) is 0 Å². The quantitative estimate of drug-likeness (QED) is 0.838. The molecule has 1 unspecified atom stereocenters. The normalized spacial score (nSPS) is 15.7. The number of hydrogen-bond acceptors (Lipinski definition) is 2. The summed E-state index contributed by atoms with van der Waals surface area (Å²) in [5.41, 5.74) is 2.78. The van der Waals surface area contributed by atoms with Gasteiger partial charge in [0, 0.05) is 12.1 Å². The number of nitrogens with one attached hydrogen (secondary N) is 1. The largest absolute Gasteiger partial charge is 0.481 e. The van der Waals surface area contributed by atoms with E-state index in [0.29, 0.717) is 17.9 Å². The number of rotatable bonds is 6. The predicted octanol–water partition coefficient (Wildman–Crippen LogP) is 2.53. The van der Waals surface area contributed by atoms with Gasteiger partial charge in [0.1, 0.15) is 0 Å². The van der Waals surface area contributed by atoms with Gasteiger partial charge in [-0.25, -0.2) is 0 Å². The van der Waals surface area contributed by atoms with Crippen molar-refractivity contribution in [2.75, 3.05) is 6.54 Å². The van der Waals surface area contributed by atoms with Gasteiger partial charge < -0.3 is 10.4 Å². The van der Waals surface area contributed by atoms with Crippen LogP contribution >= 0.6 is 0 Å². The molecule has 108 valence electrons. The van der Waals surface area contributed by atoms with Crippen molar-refractivity contribution in [1.29, 1.82) is 0 Å². The first-order chi connectivity index (χ1) is 9.47. The van der Waals surface area contributed by atoms with Crippen molar-refractivity contribution in [3.8, 4) is 0 Å². The summed E-state index contributed by atoms with van der Waals surface area (Å²) in [5.74, 6) is -0.958. The van der Waals surface area contributed by atoms with Crippen LogP contribution in [-0.4, -0.2) is 23.5 Å². The maximum atomic E-state index is 12.0. The summed E-state index contributed by atoms with van der Waals surface area (Å²) in [6.45, 7) is 4.16. The van der Waals surface area contributed by atoms with Crippen LogP contribution in [0.3, 0.4) is 0 Å². The van der Waals surface area contributed by atoms with Crippen molar-refractivity contribution >= 4 is 11.9 Å². The van der Waals surface area contributed by atoms with E-state index in [4.69, 9.17) is 5.11 Å². The third-order valence-corrected chi connectivity index (χ3v) is 3.94. The van der Waals surface area contributed by atoms with Gasteiger partial charge in [-0.05, 0) is 49.4 Å². The molecule has 0 heterocycles. The van der Waals surface area contributed by atoms with Crippen LogP contribution in [0.5, 0.6) is 0 Å². The van der Waals surface area contributed by atoms with Crippen LogP contribution in [0, 0.1) is 25.7 Å². The van der Waals surface area contributed by atoms with Crippen molar-refractivity contribution in [3.05, 3.63) is 34.9 Å². The lowest BCUT2D eigenvalue weighted by Crippen LogP contribution is -2.33. The minimum absolute atomic E-state index is 0.199. The van der Waals surface area contributed by atoms with Crippen LogP contribution in [0.1, 0.15) is 40.7 Å². The summed E-state index contributed by atoms with van der Waals surface area (Å²) in [6, 6.07) is 5.51. The number of aryl methyl sites for hydroxylation is 2. The standard InChI is InChI=1S/C16H21NO3/c1-10-3-6-13(7-11(10)2)15(18)17-9-14(16(19)20)8-12-4-5-12/h3,6-7,12,14H,4-5,8-9H2,1-2H3,(H,17,18)(H,19,20). The van der Waals surface area contributed by atoms with Gasteiger partial charge in [-0.3, -0.25) is 9.59 Å². The van der Waals surface area contributed by atoms with Crippen molar-refractivity contribution in [1.82, 2.24) is 5.32 Å². The molecule has 0 aliphatic heterocycles. The van der Waals surface area contributed by atoms with Crippen LogP contribution < -0.4 is 5.32 Å². The van der Waals surface area contributed by atoms with E-state index < -0.39 is 11.9 Å². The summed E-state index contributed by atoms with van der Waals surface area (Å²) in [4.78, 5) is 23.2. The molecule has 1 aromatic rings. The fourth-order valence-electron chi connectivity index (χ4n) is 2.23. The SMILES string of the molecule is Cc1ccc(C(=O)NCC(CC2CC2)C(=O)O)cc1C. The van der Waals surface area contributed by atoms with Gasteiger partial charge in [-0.2, -0.15) is 0 Å². The summed E-state index contributed by atoms with van der Waals surface area (Å²) in [7, 11) is 0. The van der Waals surface area contributed by atoms with E-state index >= 15 is 0 Å². The van der Waals surface area contributed by atoms with Crippen molar-refractivity contribution in [2.45, 2.75) is 33.1 Å². The first-order valence-corrected chi connectivity index (χ1v) is 7.05. The van der Waals surface area contributed by atoms with Gasteiger partial charge in [-0.1, -0.05) is 18.9 Å². The number of carboxylic acids is 1. The third-order valence-electron chi connectivity index (χ3n) is 3.94. The van der Waals surface area contributed by atoms with Crippen LogP contribution in [0.15, 0.2) is 18.2 Å². The summed E-state index contributed by atoms with van der Waals surface area (Å²) < 4.78 is 0. The number of carboxylic acid groups (broad SMARTS) is 1. The Morgan fingerprint density at radius 2 is 2.00 bits per heavy atom. The molecule has 0 saturated heterocycles. The van der Waals surface area contributed by atoms with Crippen molar-refractivity contribution in [2.24, 2.45) is 11.8 Å². The van der Waals surface area contributed by atoms with Gasteiger partial charge in [-0.15, -0.1) is 0 Å². The lowest BCUT2D eigenvalue weighted by Gasteiger charge is -2.13. The zero-order valence-electron chi connectivity index (χ0n) is 12.0. The fraction of sp³-hybridized carbons (Fsp3) is 0.500. The second-order valence-electron chi connectivity index (χ2n) is 5.72. The molecule has 1 atom stereocenters. The highest BCUT2D eigenvalue weighted by Crippen LogP contribution is 2.35. The van der Waals surface area contributed by atoms with Gasteiger partial charge >= 0.3 is 5.97 Å². The number of benzene rings is 1. The molecule has 1 saturated carbocycles. The third kappa shape index (κ3) is 3.83. The van der Waals surface area contributed by atoms with Crippen molar-refractivity contribution < 1.29 is 14.7 Å². The molecule has 2 N–H and O–H groups in total. The molecule has 1 aliphatic carbocycles. The molecular formula is C16H21NO3. The van der Waals surface area contributed by atoms with Gasteiger partial charge in [0.25, 0.3) is 5.91 Å². The molecule has 0 spiro atoms. The van der Waals surface area contributed by atoms with E-state index in [1.54, 1.807) is 6.07 Å². The lowest BCUT2D eigenvalue weighted by molar-refractivity contribution is -0.141. The molecule has 20 heavy (non-hydrogen) atoms. The highest BCUT2D eigenvalue weighted by molar-refractivity contribution is 5.94. The molecular weight excluding hydrogens is 254 g/mol. The zero-order chi connectivity index (χ0) is 14.7. The monoisotopic (exact) mass is 275 g/mol. The Morgan fingerprint density at radius 3 is 2.55 bits per heavy atom. The average Bonchev–Trinajstić information content (AvgIpc) is 3.21. The molecule has 0 bridgehead atoms. The molecule has 0 aromatic heterocycles. The number of carbonyl (C=O) groups excluding carboxylic acids is 1. The molecule has 1 aromatic carbocycles. The Balaban J connectivity index is 1.92. The topological polar surface area (TPSA) is 66.4 Å². The molecule has 1 fully saturated rings. The molecule has 4 heteroatoms. The Morgan fingerprint density at radius 1 is 1.30 bits per heavy atom. The molecule has 2 rings (SSSR count). The number of hydrogen-bond donors (Lipinski definition) is 2. The maximum Gasteiger partial charge on any atom is 0.308 e. The number of aliphatic carboxylic acids is 1. The van der Waals surface area contributed by atoms with E-state index in [0.717, 1.165) is 24.0 Å². The maximum absolute atomic E-state index is 12.0. The Kier molecular flexibility index (Phi) is 4.42. The summed E-state index contributed by atoms with van der Waals surface area (Å²) in [5, 5.41) is 11.9. The minimum Gasteiger partial charge on any atom is -0.481 e. The van der Waals surface area contributed by atoms with Crippen LogP contribution in [-0.2, 0) is 4.79 Å². The van der Waals surface area contributed by atoms with Crippen LogP contribution in [0.4, 0.5) is 0 Å². The van der Waals surface area contributed by atoms with Gasteiger partial charge in [0.2, 0.25) is 0 Å². The van der Waals surface area contributed by atoms with E-state index in [1.807, 2.05) is 26.0 Å². The second kappa shape index (κ2) is 6.07. The average molecular weight is 275 g/mol. The molecule has 4 nitrogen and oxygen atoms in total. The van der Waals surface area contributed by atoms with Gasteiger partial charge in [0.15, 0.2) is 0 Å². The fourth-order valence-corrected chi connectivity index (χ4v) is 2.23. The second-order valence-corrected chi connectivity index (χ2v) is 5.72. The predicted molar refractivity (Wildman–Crippen MR) is 76.7 cm³/mol. The van der Waals surface area contributed by atoms with E-state index in [2.05, 4.69) is 5.32 Å². The van der Waals surface area contributed by atoms with Gasteiger partial charge in [0.05, 0.1) is 5.92 Å². The van der Waals surface area contributed by atoms with Crippen LogP contribution in [0.25, 0.3) is 0 Å². The van der Waals surface area contributed by atoms with E-state index in [1.165, 1.54) is 0 Å². The van der Waals surface area contributed by atoms with E-state index in [9.17, 15) is 9.59 Å². The Labute approximate surface area is 119 Å². The minimum atomic E-state index is -0.822. The number of amides is 1. The Bertz CT molecular complexity index is 520. The summed E-state index contributed by atoms with van der Waals surface area (Å²) >= 11 is 0. The smallest absolute Gasteiger partial charge is 0.308 e.